The number of benzene rings is 1. The Morgan fingerprint density at radius 3 is 2.35 bits per heavy atom. The van der Waals surface area contributed by atoms with E-state index in [0.29, 0.717) is 28.9 Å². The van der Waals surface area contributed by atoms with Gasteiger partial charge in [0, 0.05) is 28.7 Å². The predicted molar refractivity (Wildman–Crippen MR) is 92.8 cm³/mol. The van der Waals surface area contributed by atoms with Crippen molar-refractivity contribution in [2.75, 3.05) is 20.2 Å². The van der Waals surface area contributed by atoms with E-state index >= 15 is 0 Å². The standard InChI is InChI=1S/C17H23Cl2NO3/c1-17(2,3)23-16(21)20-7-5-11(6-8-20)15-13(19)9-12(18)10-14(15)22-4/h9-11H,5-8H2,1-4H3. The molecule has 1 saturated heterocycles. The molecule has 1 aliphatic rings. The summed E-state index contributed by atoms with van der Waals surface area (Å²) in [6.45, 7) is 6.89. The molecule has 2 rings (SSSR count). The highest BCUT2D eigenvalue weighted by Crippen LogP contribution is 2.40. The lowest BCUT2D eigenvalue weighted by atomic mass is 9.89. The van der Waals surface area contributed by atoms with Gasteiger partial charge in [-0.25, -0.2) is 4.79 Å². The first-order valence-corrected chi connectivity index (χ1v) is 8.47. The summed E-state index contributed by atoms with van der Waals surface area (Å²) in [7, 11) is 1.61. The number of hydrogen-bond donors (Lipinski definition) is 0. The Labute approximate surface area is 147 Å². The van der Waals surface area contributed by atoms with E-state index in [9.17, 15) is 4.79 Å². The van der Waals surface area contributed by atoms with Crippen LogP contribution in [0.4, 0.5) is 4.79 Å². The zero-order chi connectivity index (χ0) is 17.2. The Morgan fingerprint density at radius 2 is 1.83 bits per heavy atom. The van der Waals surface area contributed by atoms with Gasteiger partial charge in [0.15, 0.2) is 0 Å². The Morgan fingerprint density at radius 1 is 1.22 bits per heavy atom. The first kappa shape index (κ1) is 18.2. The van der Waals surface area contributed by atoms with Gasteiger partial charge >= 0.3 is 6.09 Å². The summed E-state index contributed by atoms with van der Waals surface area (Å²) in [5.74, 6) is 0.951. The van der Waals surface area contributed by atoms with Gasteiger partial charge in [-0.15, -0.1) is 0 Å². The topological polar surface area (TPSA) is 38.8 Å². The lowest BCUT2D eigenvalue weighted by molar-refractivity contribution is 0.0204. The number of likely N-dealkylation sites (tertiary alicyclic amines) is 1. The van der Waals surface area contributed by atoms with Crippen molar-refractivity contribution in [2.24, 2.45) is 0 Å². The summed E-state index contributed by atoms with van der Waals surface area (Å²) in [4.78, 5) is 13.9. The lowest BCUT2D eigenvalue weighted by Crippen LogP contribution is -2.41. The first-order chi connectivity index (χ1) is 10.7. The maximum absolute atomic E-state index is 12.1. The minimum Gasteiger partial charge on any atom is -0.496 e. The van der Waals surface area contributed by atoms with Gasteiger partial charge < -0.3 is 14.4 Å². The Kier molecular flexibility index (Phi) is 5.69. The molecule has 6 heteroatoms. The van der Waals surface area contributed by atoms with E-state index in [2.05, 4.69) is 0 Å². The highest BCUT2D eigenvalue weighted by atomic mass is 35.5. The molecule has 1 aliphatic heterocycles. The molecular weight excluding hydrogens is 337 g/mol. The lowest BCUT2D eigenvalue weighted by Gasteiger charge is -2.34. The fourth-order valence-electron chi connectivity index (χ4n) is 2.80. The number of hydrogen-bond acceptors (Lipinski definition) is 3. The molecule has 1 fully saturated rings. The summed E-state index contributed by atoms with van der Waals surface area (Å²) in [5, 5.41) is 1.17. The van der Waals surface area contributed by atoms with E-state index in [-0.39, 0.29) is 12.0 Å². The van der Waals surface area contributed by atoms with Crippen LogP contribution in [0.25, 0.3) is 0 Å². The van der Waals surface area contributed by atoms with Gasteiger partial charge in [-0.1, -0.05) is 23.2 Å². The molecule has 1 heterocycles. The van der Waals surface area contributed by atoms with Crippen molar-refractivity contribution >= 4 is 29.3 Å². The second-order valence-corrected chi connectivity index (χ2v) is 7.59. The number of rotatable bonds is 2. The molecule has 0 saturated carbocycles. The maximum Gasteiger partial charge on any atom is 0.410 e. The minimum absolute atomic E-state index is 0.244. The van der Waals surface area contributed by atoms with Crippen LogP contribution in [0.5, 0.6) is 5.75 Å². The molecule has 23 heavy (non-hydrogen) atoms. The number of carbonyl (C=O) groups excluding carboxylic acids is 1. The summed E-state index contributed by atoms with van der Waals surface area (Å²) in [6.07, 6.45) is 1.37. The van der Waals surface area contributed by atoms with E-state index < -0.39 is 5.60 Å². The predicted octanol–water partition coefficient (Wildman–Crippen LogP) is 5.12. The van der Waals surface area contributed by atoms with E-state index in [1.807, 2.05) is 20.8 Å². The van der Waals surface area contributed by atoms with Crippen molar-refractivity contribution in [3.05, 3.63) is 27.7 Å². The third-order valence-corrected chi connectivity index (χ3v) is 4.36. The molecular formula is C17H23Cl2NO3. The molecule has 1 aromatic rings. The SMILES string of the molecule is COc1cc(Cl)cc(Cl)c1C1CCN(C(=O)OC(C)(C)C)CC1. The third kappa shape index (κ3) is 4.67. The Hall–Kier alpha value is -1.13. The summed E-state index contributed by atoms with van der Waals surface area (Å²) in [6, 6.07) is 3.52. The second-order valence-electron chi connectivity index (χ2n) is 6.75. The van der Waals surface area contributed by atoms with E-state index in [1.165, 1.54) is 0 Å². The molecule has 0 radical (unpaired) electrons. The fourth-order valence-corrected chi connectivity index (χ4v) is 3.43. The number of amides is 1. The number of ether oxygens (including phenoxy) is 2. The monoisotopic (exact) mass is 359 g/mol. The van der Waals surface area contributed by atoms with Gasteiger partial charge in [0.1, 0.15) is 11.4 Å². The normalized spacial score (nSPS) is 16.3. The molecule has 0 aliphatic carbocycles. The van der Waals surface area contributed by atoms with Gasteiger partial charge in [-0.3, -0.25) is 0 Å². The molecule has 0 unspecified atom stereocenters. The molecule has 0 atom stereocenters. The maximum atomic E-state index is 12.1. The molecule has 4 nitrogen and oxygen atoms in total. The molecule has 1 amide bonds. The molecule has 1 aromatic carbocycles. The Balaban J connectivity index is 2.07. The molecule has 0 spiro atoms. The number of methoxy groups -OCH3 is 1. The van der Waals surface area contributed by atoms with Gasteiger partial charge in [0.2, 0.25) is 0 Å². The van der Waals surface area contributed by atoms with Crippen molar-refractivity contribution in [1.29, 1.82) is 0 Å². The van der Waals surface area contributed by atoms with Crippen LogP contribution in [-0.4, -0.2) is 36.8 Å². The average molecular weight is 360 g/mol. The summed E-state index contributed by atoms with van der Waals surface area (Å²) in [5.41, 5.74) is 0.499. The zero-order valence-corrected chi connectivity index (χ0v) is 15.5. The van der Waals surface area contributed by atoms with Crippen molar-refractivity contribution in [1.82, 2.24) is 4.90 Å². The summed E-state index contributed by atoms with van der Waals surface area (Å²) >= 11 is 12.4. The van der Waals surface area contributed by atoms with Gasteiger partial charge in [-0.05, 0) is 51.7 Å². The van der Waals surface area contributed by atoms with Gasteiger partial charge in [0.25, 0.3) is 0 Å². The van der Waals surface area contributed by atoms with Gasteiger partial charge in [-0.2, -0.15) is 0 Å². The largest absolute Gasteiger partial charge is 0.496 e. The first-order valence-electron chi connectivity index (χ1n) is 7.72. The van der Waals surface area contributed by atoms with Crippen LogP contribution >= 0.6 is 23.2 Å². The molecule has 128 valence electrons. The van der Waals surface area contributed by atoms with Crippen molar-refractivity contribution < 1.29 is 14.3 Å². The van der Waals surface area contributed by atoms with Crippen LogP contribution in [0, 0.1) is 0 Å². The van der Waals surface area contributed by atoms with Crippen molar-refractivity contribution in [3.8, 4) is 5.75 Å². The highest BCUT2D eigenvalue weighted by molar-refractivity contribution is 6.35. The molecule has 0 aromatic heterocycles. The molecule has 0 N–H and O–H groups in total. The van der Waals surface area contributed by atoms with Crippen LogP contribution in [0.1, 0.15) is 45.1 Å². The van der Waals surface area contributed by atoms with Gasteiger partial charge in [0.05, 0.1) is 7.11 Å². The zero-order valence-electron chi connectivity index (χ0n) is 14.0. The van der Waals surface area contributed by atoms with Crippen LogP contribution in [0.2, 0.25) is 10.0 Å². The average Bonchev–Trinajstić information content (AvgIpc) is 2.45. The highest BCUT2D eigenvalue weighted by Gasteiger charge is 2.29. The third-order valence-electron chi connectivity index (χ3n) is 3.83. The van der Waals surface area contributed by atoms with Crippen LogP contribution in [0.15, 0.2) is 12.1 Å². The van der Waals surface area contributed by atoms with E-state index in [1.54, 1.807) is 24.1 Å². The van der Waals surface area contributed by atoms with Crippen LogP contribution in [-0.2, 0) is 4.74 Å². The minimum atomic E-state index is -0.476. The smallest absolute Gasteiger partial charge is 0.410 e. The quantitative estimate of drug-likeness (QED) is 0.735. The number of piperidine rings is 1. The summed E-state index contributed by atoms with van der Waals surface area (Å²) < 4.78 is 10.8. The van der Waals surface area contributed by atoms with Crippen molar-refractivity contribution in [2.45, 2.75) is 45.1 Å². The Bertz CT molecular complexity index is 576. The second kappa shape index (κ2) is 7.18. The van der Waals surface area contributed by atoms with E-state index in [0.717, 1.165) is 18.4 Å². The van der Waals surface area contributed by atoms with Crippen LogP contribution < -0.4 is 4.74 Å². The fraction of sp³-hybridized carbons (Fsp3) is 0.588. The molecule has 0 bridgehead atoms. The van der Waals surface area contributed by atoms with E-state index in [4.69, 9.17) is 32.7 Å². The number of halogens is 2. The number of nitrogens with zero attached hydrogens (tertiary/aromatic N) is 1. The van der Waals surface area contributed by atoms with Crippen LogP contribution in [0.3, 0.4) is 0 Å². The van der Waals surface area contributed by atoms with Crippen molar-refractivity contribution in [3.63, 3.8) is 0 Å². The number of carbonyl (C=O) groups is 1.